The number of ketones is 1. The molecule has 0 radical (unpaired) electrons. The molecule has 42 heavy (non-hydrogen) atoms. The van der Waals surface area contributed by atoms with E-state index in [-0.39, 0.29) is 63.8 Å². The zero-order valence-electron chi connectivity index (χ0n) is 30.6. The van der Waals surface area contributed by atoms with Crippen LogP contribution in [0.4, 0.5) is 0 Å². The topological polar surface area (TPSA) is 66.5 Å². The molecule has 0 spiro atoms. The molecule has 9 heteroatoms. The average molecular weight is 645 g/mol. The van der Waals surface area contributed by atoms with E-state index in [0.717, 1.165) is 0 Å². The Balaban J connectivity index is 2.62. The lowest BCUT2D eigenvalue weighted by atomic mass is 9.73. The number of carbonyl (C=O) groups excluding carboxylic acids is 1. The molecule has 0 saturated carbocycles. The van der Waals surface area contributed by atoms with Gasteiger partial charge in [0.25, 0.3) is 0 Å². The Morgan fingerprint density at radius 1 is 0.857 bits per heavy atom. The SMILES string of the molecule is CC(=O)CC1OCC(C(O[SiH](C)C)C2OC2C(C)C(C)C(C)(C)C)C(O[Si](C)(C)C(C)(C)C)C1O[Si](C)(C)C(C)(C)C. The molecule has 0 aromatic carbocycles. The molecule has 2 heterocycles. The Hall–Kier alpha value is 0.121. The van der Waals surface area contributed by atoms with Crippen molar-refractivity contribution in [3.8, 4) is 0 Å². The van der Waals surface area contributed by atoms with Crippen molar-refractivity contribution in [2.45, 2.75) is 175 Å². The lowest BCUT2D eigenvalue weighted by Gasteiger charge is -2.52. The van der Waals surface area contributed by atoms with Crippen molar-refractivity contribution in [1.29, 1.82) is 0 Å². The van der Waals surface area contributed by atoms with Gasteiger partial charge in [0.1, 0.15) is 11.9 Å². The Labute approximate surface area is 263 Å². The number of rotatable bonds is 12. The van der Waals surface area contributed by atoms with E-state index in [4.69, 9.17) is 22.8 Å². The molecule has 248 valence electrons. The van der Waals surface area contributed by atoms with E-state index in [2.05, 4.69) is 115 Å². The van der Waals surface area contributed by atoms with Crippen LogP contribution in [0.1, 0.15) is 89.5 Å². The highest BCUT2D eigenvalue weighted by Crippen LogP contribution is 2.48. The molecule has 0 N–H and O–H groups in total. The van der Waals surface area contributed by atoms with Gasteiger partial charge in [-0.3, -0.25) is 4.79 Å². The molecule has 2 rings (SSSR count). The molecule has 0 bridgehead atoms. The minimum atomic E-state index is -2.24. The summed E-state index contributed by atoms with van der Waals surface area (Å²) in [5, 5.41) is 0.0259. The first-order valence-corrected chi connectivity index (χ1v) is 25.1. The zero-order chi connectivity index (χ0) is 32.8. The monoisotopic (exact) mass is 644 g/mol. The van der Waals surface area contributed by atoms with Gasteiger partial charge in [0.15, 0.2) is 25.7 Å². The first-order chi connectivity index (χ1) is 18.7. The molecule has 0 aromatic heterocycles. The Morgan fingerprint density at radius 3 is 1.74 bits per heavy atom. The maximum atomic E-state index is 12.5. The van der Waals surface area contributed by atoms with E-state index >= 15 is 0 Å². The van der Waals surface area contributed by atoms with Gasteiger partial charge in [-0.15, -0.1) is 0 Å². The highest BCUT2D eigenvalue weighted by Gasteiger charge is 2.59. The molecule has 2 aliphatic heterocycles. The molecule has 6 nitrogen and oxygen atoms in total. The summed E-state index contributed by atoms with van der Waals surface area (Å²) in [6.45, 7) is 41.1. The van der Waals surface area contributed by atoms with E-state index in [1.54, 1.807) is 6.92 Å². The van der Waals surface area contributed by atoms with E-state index < -0.39 is 25.7 Å². The zero-order valence-corrected chi connectivity index (χ0v) is 33.8. The van der Waals surface area contributed by atoms with Crippen LogP contribution in [0.25, 0.3) is 0 Å². The van der Waals surface area contributed by atoms with Crippen LogP contribution >= 0.6 is 0 Å². The van der Waals surface area contributed by atoms with Crippen LogP contribution in [0.3, 0.4) is 0 Å². The molecule has 2 aliphatic rings. The van der Waals surface area contributed by atoms with Crippen LogP contribution in [0, 0.1) is 23.2 Å². The Morgan fingerprint density at radius 2 is 1.33 bits per heavy atom. The molecular formula is C33H68O6Si3. The summed E-state index contributed by atoms with van der Waals surface area (Å²) in [6.07, 6.45) is -0.555. The maximum absolute atomic E-state index is 12.5. The number of hydrogen-bond donors (Lipinski definition) is 0. The quantitative estimate of drug-likeness (QED) is 0.158. The molecular weight excluding hydrogens is 577 g/mol. The van der Waals surface area contributed by atoms with Crippen LogP contribution in [-0.2, 0) is 27.5 Å². The van der Waals surface area contributed by atoms with Gasteiger partial charge < -0.3 is 22.8 Å². The fourth-order valence-corrected chi connectivity index (χ4v) is 9.23. The number of hydrogen-bond acceptors (Lipinski definition) is 6. The predicted octanol–water partition coefficient (Wildman–Crippen LogP) is 8.22. The van der Waals surface area contributed by atoms with E-state index in [1.165, 1.54) is 0 Å². The van der Waals surface area contributed by atoms with Gasteiger partial charge >= 0.3 is 0 Å². The van der Waals surface area contributed by atoms with Crippen molar-refractivity contribution < 1.29 is 27.5 Å². The second-order valence-corrected chi connectivity index (χ2v) is 29.7. The standard InChI is InChI=1S/C33H68O6Si3/c1-21(34)19-25-29(39-42(17,18)33(10,11)12)28(38-41(15,16)32(7,8)9)24(20-35-25)27(37-40(13)14)30-26(36-30)22(2)23(3)31(4,5)6/h22-30,40H,19-20H2,1-18H3. The van der Waals surface area contributed by atoms with Crippen LogP contribution in [0.15, 0.2) is 0 Å². The van der Waals surface area contributed by atoms with Crippen LogP contribution in [0.5, 0.6) is 0 Å². The normalized spacial score (nSPS) is 30.3. The Bertz CT molecular complexity index is 901. The predicted molar refractivity (Wildman–Crippen MR) is 183 cm³/mol. The van der Waals surface area contributed by atoms with Crippen molar-refractivity contribution in [3.05, 3.63) is 0 Å². The van der Waals surface area contributed by atoms with Crippen molar-refractivity contribution in [3.63, 3.8) is 0 Å². The molecule has 2 saturated heterocycles. The van der Waals surface area contributed by atoms with Gasteiger partial charge in [-0.1, -0.05) is 76.2 Å². The van der Waals surface area contributed by atoms with Gasteiger partial charge in [-0.2, -0.15) is 0 Å². The fourth-order valence-electron chi connectivity index (χ4n) is 5.58. The first kappa shape index (κ1) is 38.3. The second kappa shape index (κ2) is 13.5. The molecule has 2 fully saturated rings. The lowest BCUT2D eigenvalue weighted by Crippen LogP contribution is -2.63. The fraction of sp³-hybridized carbons (Fsp3) is 0.970. The van der Waals surface area contributed by atoms with E-state index in [0.29, 0.717) is 24.9 Å². The molecule has 9 unspecified atom stereocenters. The minimum Gasteiger partial charge on any atom is -0.414 e. The van der Waals surface area contributed by atoms with Crippen molar-refractivity contribution in [1.82, 2.24) is 0 Å². The largest absolute Gasteiger partial charge is 0.414 e. The molecule has 0 aromatic rings. The maximum Gasteiger partial charge on any atom is 0.192 e. The number of carbonyl (C=O) groups is 1. The average Bonchev–Trinajstić information content (AvgIpc) is 3.56. The summed E-state index contributed by atoms with van der Waals surface area (Å²) >= 11 is 0. The molecule has 0 amide bonds. The summed E-state index contributed by atoms with van der Waals surface area (Å²) in [4.78, 5) is 12.5. The third-order valence-corrected chi connectivity index (χ3v) is 20.8. The number of ether oxygens (including phenoxy) is 2. The van der Waals surface area contributed by atoms with E-state index in [9.17, 15) is 4.79 Å². The summed E-state index contributed by atoms with van der Waals surface area (Å²) < 4.78 is 34.7. The summed E-state index contributed by atoms with van der Waals surface area (Å²) in [6, 6.07) is 0. The van der Waals surface area contributed by atoms with Crippen LogP contribution in [0.2, 0.25) is 49.4 Å². The number of epoxide rings is 1. The highest BCUT2D eigenvalue weighted by atomic mass is 28.4. The minimum absolute atomic E-state index is 0.00616. The smallest absolute Gasteiger partial charge is 0.192 e. The van der Waals surface area contributed by atoms with Crippen molar-refractivity contribution >= 4 is 31.5 Å². The second-order valence-electron chi connectivity index (χ2n) is 17.9. The van der Waals surface area contributed by atoms with Gasteiger partial charge in [0, 0.05) is 12.3 Å². The summed E-state index contributed by atoms with van der Waals surface area (Å²) in [5.74, 6) is 0.982. The highest BCUT2D eigenvalue weighted by molar-refractivity contribution is 6.74. The third-order valence-electron chi connectivity index (χ3n) is 11.0. The summed E-state index contributed by atoms with van der Waals surface area (Å²) in [7, 11) is -5.92. The van der Waals surface area contributed by atoms with Gasteiger partial charge in [0.05, 0.1) is 37.1 Å². The third kappa shape index (κ3) is 9.33. The van der Waals surface area contributed by atoms with Crippen LogP contribution in [-0.4, -0.2) is 74.7 Å². The lowest BCUT2D eigenvalue weighted by molar-refractivity contribution is -0.176. The molecule has 0 aliphatic carbocycles. The van der Waals surface area contributed by atoms with Crippen LogP contribution < -0.4 is 0 Å². The van der Waals surface area contributed by atoms with Crippen molar-refractivity contribution in [2.75, 3.05) is 6.61 Å². The van der Waals surface area contributed by atoms with Gasteiger partial charge in [0.2, 0.25) is 0 Å². The van der Waals surface area contributed by atoms with E-state index in [1.807, 2.05) is 0 Å². The first-order valence-electron chi connectivity index (χ1n) is 16.5. The van der Waals surface area contributed by atoms with Crippen molar-refractivity contribution in [2.24, 2.45) is 23.2 Å². The Kier molecular flexibility index (Phi) is 12.3. The summed E-state index contributed by atoms with van der Waals surface area (Å²) in [5.41, 5.74) is 0.197. The number of Topliss-reactive ketones (excluding diaryl/α,β-unsaturated/α-hetero) is 1. The van der Waals surface area contributed by atoms with Gasteiger partial charge in [-0.05, 0) is 73.5 Å². The molecule has 9 atom stereocenters. The van der Waals surface area contributed by atoms with Gasteiger partial charge in [-0.25, -0.2) is 0 Å².